The van der Waals surface area contributed by atoms with Crippen LogP contribution in [0.1, 0.15) is 18.4 Å². The molecule has 4 aliphatic heterocycles. The third kappa shape index (κ3) is 1.89. The predicted molar refractivity (Wildman–Crippen MR) is 92.0 cm³/mol. The Morgan fingerprint density at radius 1 is 1.30 bits per heavy atom. The lowest BCUT2D eigenvalue weighted by atomic mass is 9.75. The Labute approximate surface area is 155 Å². The number of nitrogens with one attached hydrogen (secondary N) is 1. The molecular formula is C19H20FN3O4. The van der Waals surface area contributed by atoms with E-state index >= 15 is 0 Å². The molecule has 4 aliphatic rings. The van der Waals surface area contributed by atoms with Crippen LogP contribution in [0, 0.1) is 17.7 Å². The van der Waals surface area contributed by atoms with E-state index in [9.17, 15) is 18.8 Å². The smallest absolute Gasteiger partial charge is 0.250 e. The second-order valence-electron chi connectivity index (χ2n) is 7.64. The van der Waals surface area contributed by atoms with E-state index in [0.29, 0.717) is 17.8 Å². The number of hydrogen-bond acceptors (Lipinski definition) is 5. The first-order valence-electron chi connectivity index (χ1n) is 9.24. The summed E-state index contributed by atoms with van der Waals surface area (Å²) in [6.45, 7) is 1.02. The molecule has 27 heavy (non-hydrogen) atoms. The Balaban J connectivity index is 1.69. The number of likely N-dealkylation sites (tertiary alicyclic amines) is 1. The number of imide groups is 1. The van der Waals surface area contributed by atoms with Crippen LogP contribution in [-0.2, 0) is 24.7 Å². The first-order chi connectivity index (χ1) is 13.0. The van der Waals surface area contributed by atoms with Crippen molar-refractivity contribution in [2.75, 3.05) is 32.1 Å². The standard InChI is InChI=1S/C19H20FN3O4/c1-27-8-7-22-16(24)14-13-3-2-6-23(13)19(15(14)17(22)25)11-9-10(20)4-5-12(11)21-18(19)26/h4-5,9,13-15H,2-3,6-8H2,1H3,(H,21,26)/t13?,14-,15+,19?/m0/s1. The van der Waals surface area contributed by atoms with E-state index in [0.717, 1.165) is 12.8 Å². The van der Waals surface area contributed by atoms with Gasteiger partial charge in [-0.3, -0.25) is 24.2 Å². The zero-order valence-electron chi connectivity index (χ0n) is 14.9. The van der Waals surface area contributed by atoms with Gasteiger partial charge in [-0.25, -0.2) is 4.39 Å². The second-order valence-corrected chi connectivity index (χ2v) is 7.64. The Bertz CT molecular complexity index is 875. The summed E-state index contributed by atoms with van der Waals surface area (Å²) in [4.78, 5) is 42.8. The van der Waals surface area contributed by atoms with Crippen molar-refractivity contribution in [3.05, 3.63) is 29.6 Å². The number of carbonyl (C=O) groups is 3. The van der Waals surface area contributed by atoms with E-state index in [1.54, 1.807) is 0 Å². The van der Waals surface area contributed by atoms with Crippen molar-refractivity contribution in [2.45, 2.75) is 24.4 Å². The molecule has 0 aromatic heterocycles. The summed E-state index contributed by atoms with van der Waals surface area (Å²) < 4.78 is 19.1. The summed E-state index contributed by atoms with van der Waals surface area (Å²) in [5, 5.41) is 2.82. The number of amides is 3. The molecular weight excluding hydrogens is 353 g/mol. The number of fused-ring (bicyclic) bond motifs is 7. The lowest BCUT2D eigenvalue weighted by molar-refractivity contribution is -0.146. The van der Waals surface area contributed by atoms with Crippen molar-refractivity contribution < 1.29 is 23.5 Å². The van der Waals surface area contributed by atoms with Gasteiger partial charge in [0.25, 0.3) is 0 Å². The molecule has 5 rings (SSSR count). The average molecular weight is 373 g/mol. The molecule has 142 valence electrons. The van der Waals surface area contributed by atoms with Crippen LogP contribution in [0.5, 0.6) is 0 Å². The first-order valence-corrected chi connectivity index (χ1v) is 9.24. The van der Waals surface area contributed by atoms with Crippen molar-refractivity contribution in [1.82, 2.24) is 9.80 Å². The van der Waals surface area contributed by atoms with Gasteiger partial charge in [0.15, 0.2) is 0 Å². The normalized spacial score (nSPS) is 34.4. The zero-order chi connectivity index (χ0) is 18.9. The van der Waals surface area contributed by atoms with Crippen molar-refractivity contribution in [2.24, 2.45) is 11.8 Å². The van der Waals surface area contributed by atoms with Gasteiger partial charge in [-0.15, -0.1) is 0 Å². The van der Waals surface area contributed by atoms with Crippen LogP contribution >= 0.6 is 0 Å². The minimum Gasteiger partial charge on any atom is -0.383 e. The van der Waals surface area contributed by atoms with E-state index in [1.165, 1.54) is 30.2 Å². The molecule has 3 amide bonds. The quantitative estimate of drug-likeness (QED) is 0.789. The minimum absolute atomic E-state index is 0.168. The fourth-order valence-electron chi connectivity index (χ4n) is 5.64. The third-order valence-electron chi connectivity index (χ3n) is 6.56. The van der Waals surface area contributed by atoms with Gasteiger partial charge in [0.05, 0.1) is 25.0 Å². The maximum absolute atomic E-state index is 14.1. The highest BCUT2D eigenvalue weighted by molar-refractivity contribution is 6.15. The molecule has 3 saturated heterocycles. The third-order valence-corrected chi connectivity index (χ3v) is 6.56. The number of hydrogen-bond donors (Lipinski definition) is 1. The summed E-state index contributed by atoms with van der Waals surface area (Å²) >= 11 is 0. The second kappa shape index (κ2) is 5.59. The SMILES string of the molecule is COCCN1C(=O)[C@H]2C3CCCN3C3(C(=O)Nc4ccc(F)cc43)[C@H]2C1=O. The first kappa shape index (κ1) is 16.8. The zero-order valence-corrected chi connectivity index (χ0v) is 14.9. The van der Waals surface area contributed by atoms with E-state index in [-0.39, 0.29) is 36.9 Å². The van der Waals surface area contributed by atoms with Crippen LogP contribution in [0.25, 0.3) is 0 Å². The number of benzene rings is 1. The van der Waals surface area contributed by atoms with Crippen molar-refractivity contribution >= 4 is 23.4 Å². The Hall–Kier alpha value is -2.32. The minimum atomic E-state index is -1.31. The summed E-state index contributed by atoms with van der Waals surface area (Å²) in [5.74, 6) is -2.79. The molecule has 0 radical (unpaired) electrons. The molecule has 7 nitrogen and oxygen atoms in total. The fraction of sp³-hybridized carbons (Fsp3) is 0.526. The number of anilines is 1. The molecule has 3 fully saturated rings. The van der Waals surface area contributed by atoms with Crippen LogP contribution in [0.4, 0.5) is 10.1 Å². The molecule has 0 aliphatic carbocycles. The van der Waals surface area contributed by atoms with Crippen LogP contribution < -0.4 is 5.32 Å². The summed E-state index contributed by atoms with van der Waals surface area (Å²) in [6, 6.07) is 3.97. The average Bonchev–Trinajstić information content (AvgIpc) is 3.33. The van der Waals surface area contributed by atoms with Crippen LogP contribution in [0.3, 0.4) is 0 Å². The van der Waals surface area contributed by atoms with Crippen LogP contribution in [0.2, 0.25) is 0 Å². The van der Waals surface area contributed by atoms with Gasteiger partial charge >= 0.3 is 0 Å². The Morgan fingerprint density at radius 2 is 2.11 bits per heavy atom. The largest absolute Gasteiger partial charge is 0.383 e. The summed E-state index contributed by atoms with van der Waals surface area (Å²) in [5.41, 5.74) is -0.317. The Morgan fingerprint density at radius 3 is 2.89 bits per heavy atom. The molecule has 1 aromatic carbocycles. The van der Waals surface area contributed by atoms with Gasteiger partial charge in [-0.05, 0) is 37.6 Å². The highest BCUT2D eigenvalue weighted by Gasteiger charge is 2.74. The van der Waals surface area contributed by atoms with Gasteiger partial charge in [0, 0.05) is 24.4 Å². The van der Waals surface area contributed by atoms with E-state index in [2.05, 4.69) is 5.32 Å². The molecule has 0 saturated carbocycles. The number of ether oxygens (including phenoxy) is 1. The van der Waals surface area contributed by atoms with Gasteiger partial charge in [-0.1, -0.05) is 0 Å². The van der Waals surface area contributed by atoms with E-state index < -0.39 is 23.2 Å². The van der Waals surface area contributed by atoms with Crippen molar-refractivity contribution in [3.63, 3.8) is 0 Å². The van der Waals surface area contributed by atoms with Gasteiger partial charge < -0.3 is 10.1 Å². The van der Waals surface area contributed by atoms with Crippen molar-refractivity contribution in [1.29, 1.82) is 0 Å². The van der Waals surface area contributed by atoms with E-state index in [4.69, 9.17) is 4.74 Å². The summed E-state index contributed by atoms with van der Waals surface area (Å²) in [7, 11) is 1.51. The number of nitrogens with zero attached hydrogens (tertiary/aromatic N) is 2. The number of methoxy groups -OCH3 is 1. The monoisotopic (exact) mass is 373 g/mol. The van der Waals surface area contributed by atoms with Crippen molar-refractivity contribution in [3.8, 4) is 0 Å². The number of halogens is 1. The highest BCUT2D eigenvalue weighted by atomic mass is 19.1. The molecule has 8 heteroatoms. The molecule has 4 atom stereocenters. The molecule has 1 spiro atoms. The number of rotatable bonds is 3. The molecule has 4 heterocycles. The molecule has 2 unspecified atom stereocenters. The lowest BCUT2D eigenvalue weighted by Gasteiger charge is -2.36. The van der Waals surface area contributed by atoms with Gasteiger partial charge in [0.1, 0.15) is 11.4 Å². The maximum atomic E-state index is 14.1. The molecule has 1 aromatic rings. The number of carbonyl (C=O) groups excluding carboxylic acids is 3. The predicted octanol–water partition coefficient (Wildman–Crippen LogP) is 0.699. The highest BCUT2D eigenvalue weighted by Crippen LogP contribution is 2.60. The fourth-order valence-corrected chi connectivity index (χ4v) is 5.64. The van der Waals surface area contributed by atoms with Gasteiger partial charge in [0.2, 0.25) is 17.7 Å². The van der Waals surface area contributed by atoms with E-state index in [1.807, 2.05) is 4.90 Å². The summed E-state index contributed by atoms with van der Waals surface area (Å²) in [6.07, 6.45) is 1.59. The maximum Gasteiger partial charge on any atom is 0.250 e. The van der Waals surface area contributed by atoms with Crippen LogP contribution in [0.15, 0.2) is 18.2 Å². The van der Waals surface area contributed by atoms with Gasteiger partial charge in [-0.2, -0.15) is 0 Å². The lowest BCUT2D eigenvalue weighted by Crippen LogP contribution is -2.54. The Kier molecular flexibility index (Phi) is 3.48. The topological polar surface area (TPSA) is 79.0 Å². The molecule has 0 bridgehead atoms. The van der Waals surface area contributed by atoms with Crippen LogP contribution in [-0.4, -0.2) is 60.4 Å². The molecule has 1 N–H and O–H groups in total.